The molecule has 0 radical (unpaired) electrons. The summed E-state index contributed by atoms with van der Waals surface area (Å²) in [5.41, 5.74) is -0.528. The van der Waals surface area contributed by atoms with Gasteiger partial charge in [0, 0.05) is 15.5 Å². The zero-order chi connectivity index (χ0) is 14.9. The molecule has 1 saturated carbocycles. The number of carboxylic acids is 1. The predicted molar refractivity (Wildman–Crippen MR) is 82.7 cm³/mol. The average Bonchev–Trinajstić information content (AvgIpc) is 2.92. The number of carboxylic acid groups (broad SMARTS) is 1. The van der Waals surface area contributed by atoms with Gasteiger partial charge in [-0.25, -0.2) is 4.79 Å². The number of fused-ring (bicyclic) bond motifs is 1. The third-order valence-corrected chi connectivity index (χ3v) is 5.16. The molecule has 110 valence electrons. The summed E-state index contributed by atoms with van der Waals surface area (Å²) in [7, 11) is 0. The van der Waals surface area contributed by atoms with E-state index in [0.717, 1.165) is 29.3 Å². The Morgan fingerprint density at radius 1 is 1.14 bits per heavy atom. The summed E-state index contributed by atoms with van der Waals surface area (Å²) in [6.45, 7) is 0. The highest BCUT2D eigenvalue weighted by Gasteiger charge is 2.41. The van der Waals surface area contributed by atoms with E-state index < -0.39 is 11.5 Å². The fourth-order valence-corrected chi connectivity index (χ4v) is 3.93. The predicted octanol–water partition coefficient (Wildman–Crippen LogP) is 3.42. The van der Waals surface area contributed by atoms with Crippen LogP contribution in [0.15, 0.2) is 29.6 Å². The maximum absolute atomic E-state index is 12.5. The van der Waals surface area contributed by atoms with E-state index in [0.29, 0.717) is 18.4 Å². The molecule has 1 fully saturated rings. The van der Waals surface area contributed by atoms with E-state index in [1.54, 1.807) is 5.38 Å². The Hall–Kier alpha value is -1.88. The Kier molecular flexibility index (Phi) is 3.68. The van der Waals surface area contributed by atoms with Crippen molar-refractivity contribution in [2.24, 2.45) is 0 Å². The van der Waals surface area contributed by atoms with E-state index in [-0.39, 0.29) is 5.91 Å². The molecule has 0 spiro atoms. The molecule has 2 N–H and O–H groups in total. The molecule has 0 aliphatic heterocycles. The molecule has 1 aliphatic rings. The van der Waals surface area contributed by atoms with Crippen molar-refractivity contribution in [3.05, 3.63) is 35.2 Å². The molecular weight excluding hydrogens is 286 g/mol. The summed E-state index contributed by atoms with van der Waals surface area (Å²) < 4.78 is 1.04. The van der Waals surface area contributed by atoms with Crippen LogP contribution >= 0.6 is 11.3 Å². The van der Waals surface area contributed by atoms with Crippen LogP contribution < -0.4 is 5.32 Å². The first-order valence-electron chi connectivity index (χ1n) is 7.14. The van der Waals surface area contributed by atoms with Gasteiger partial charge < -0.3 is 10.4 Å². The molecule has 21 heavy (non-hydrogen) atoms. The normalized spacial score (nSPS) is 17.5. The van der Waals surface area contributed by atoms with Gasteiger partial charge >= 0.3 is 5.97 Å². The summed E-state index contributed by atoms with van der Waals surface area (Å²) in [5, 5.41) is 15.0. The number of amides is 1. The number of carbonyl (C=O) groups is 2. The Bertz CT molecular complexity index is 686. The maximum atomic E-state index is 12.5. The molecule has 1 aromatic carbocycles. The molecule has 4 nitrogen and oxygen atoms in total. The van der Waals surface area contributed by atoms with E-state index >= 15 is 0 Å². The summed E-state index contributed by atoms with van der Waals surface area (Å²) in [6.07, 6.45) is 3.74. The van der Waals surface area contributed by atoms with Gasteiger partial charge in [-0.2, -0.15) is 0 Å². The molecule has 1 aliphatic carbocycles. The molecule has 3 rings (SSSR count). The first-order chi connectivity index (χ1) is 10.1. The van der Waals surface area contributed by atoms with Gasteiger partial charge in [0.15, 0.2) is 0 Å². The lowest BCUT2D eigenvalue weighted by molar-refractivity contribution is -0.145. The Balaban J connectivity index is 1.89. The summed E-state index contributed by atoms with van der Waals surface area (Å²) in [6, 6.07) is 7.68. The number of nitrogens with one attached hydrogen (secondary N) is 1. The van der Waals surface area contributed by atoms with Crippen molar-refractivity contribution in [3.8, 4) is 0 Å². The summed E-state index contributed by atoms with van der Waals surface area (Å²) >= 11 is 1.50. The minimum atomic E-state index is -1.10. The highest BCUT2D eigenvalue weighted by molar-refractivity contribution is 7.17. The zero-order valence-electron chi connectivity index (χ0n) is 11.6. The lowest BCUT2D eigenvalue weighted by Crippen LogP contribution is -2.55. The molecule has 1 heterocycles. The minimum Gasteiger partial charge on any atom is -0.480 e. The fourth-order valence-electron chi connectivity index (χ4n) is 2.99. The van der Waals surface area contributed by atoms with Crippen molar-refractivity contribution in [1.82, 2.24) is 5.32 Å². The number of thiophene rings is 1. The van der Waals surface area contributed by atoms with Crippen molar-refractivity contribution < 1.29 is 14.7 Å². The number of carbonyl (C=O) groups excluding carboxylic acids is 1. The third kappa shape index (κ3) is 2.53. The highest BCUT2D eigenvalue weighted by Crippen LogP contribution is 2.30. The number of hydrogen-bond donors (Lipinski definition) is 2. The standard InChI is InChI=1S/C16H17NO3S/c18-14(12-10-21-13-7-3-2-6-11(12)13)17-16(15(19)20)8-4-1-5-9-16/h2-3,6-7,10H,1,4-5,8-9H2,(H,17,18)(H,19,20). The molecule has 1 amide bonds. The van der Waals surface area contributed by atoms with Gasteiger partial charge in [-0.1, -0.05) is 37.5 Å². The summed E-state index contributed by atoms with van der Waals surface area (Å²) in [5.74, 6) is -1.20. The molecule has 0 saturated heterocycles. The summed E-state index contributed by atoms with van der Waals surface area (Å²) in [4.78, 5) is 24.2. The second-order valence-electron chi connectivity index (χ2n) is 5.55. The molecular formula is C16H17NO3S. The second-order valence-corrected chi connectivity index (χ2v) is 6.46. The monoisotopic (exact) mass is 303 g/mol. The number of hydrogen-bond acceptors (Lipinski definition) is 3. The van der Waals surface area contributed by atoms with Crippen LogP contribution in [0.25, 0.3) is 10.1 Å². The minimum absolute atomic E-state index is 0.281. The second kappa shape index (κ2) is 5.48. The Morgan fingerprint density at radius 2 is 1.86 bits per heavy atom. The average molecular weight is 303 g/mol. The van der Waals surface area contributed by atoms with E-state index in [2.05, 4.69) is 5.32 Å². The lowest BCUT2D eigenvalue weighted by Gasteiger charge is -2.33. The first-order valence-corrected chi connectivity index (χ1v) is 8.02. The van der Waals surface area contributed by atoms with Gasteiger partial charge in [-0.15, -0.1) is 11.3 Å². The van der Waals surface area contributed by atoms with Crippen molar-refractivity contribution in [1.29, 1.82) is 0 Å². The highest BCUT2D eigenvalue weighted by atomic mass is 32.1. The van der Waals surface area contributed by atoms with Crippen LogP contribution in [0.5, 0.6) is 0 Å². The molecule has 0 bridgehead atoms. The van der Waals surface area contributed by atoms with Crippen molar-refractivity contribution in [3.63, 3.8) is 0 Å². The van der Waals surface area contributed by atoms with Crippen LogP contribution in [0.4, 0.5) is 0 Å². The van der Waals surface area contributed by atoms with Crippen LogP contribution in [-0.4, -0.2) is 22.5 Å². The topological polar surface area (TPSA) is 66.4 Å². The van der Waals surface area contributed by atoms with Gasteiger partial charge in [0.2, 0.25) is 0 Å². The van der Waals surface area contributed by atoms with E-state index in [9.17, 15) is 14.7 Å². The van der Waals surface area contributed by atoms with Crippen molar-refractivity contribution >= 4 is 33.3 Å². The van der Waals surface area contributed by atoms with Crippen molar-refractivity contribution in [2.45, 2.75) is 37.6 Å². The smallest absolute Gasteiger partial charge is 0.329 e. The van der Waals surface area contributed by atoms with Crippen LogP contribution in [-0.2, 0) is 4.79 Å². The van der Waals surface area contributed by atoms with Crippen LogP contribution in [0, 0.1) is 0 Å². The van der Waals surface area contributed by atoms with E-state index in [1.165, 1.54) is 11.3 Å². The van der Waals surface area contributed by atoms with Crippen molar-refractivity contribution in [2.75, 3.05) is 0 Å². The maximum Gasteiger partial charge on any atom is 0.329 e. The Labute approximate surface area is 126 Å². The van der Waals surface area contributed by atoms with Gasteiger partial charge in [-0.3, -0.25) is 4.79 Å². The van der Waals surface area contributed by atoms with Gasteiger partial charge in [0.1, 0.15) is 5.54 Å². The first kappa shape index (κ1) is 14.1. The lowest BCUT2D eigenvalue weighted by atomic mass is 9.81. The van der Waals surface area contributed by atoms with E-state index in [1.807, 2.05) is 24.3 Å². The van der Waals surface area contributed by atoms with Crippen LogP contribution in [0.3, 0.4) is 0 Å². The molecule has 0 unspecified atom stereocenters. The van der Waals surface area contributed by atoms with Crippen LogP contribution in [0.2, 0.25) is 0 Å². The number of benzene rings is 1. The van der Waals surface area contributed by atoms with Gasteiger partial charge in [0.05, 0.1) is 5.56 Å². The zero-order valence-corrected chi connectivity index (χ0v) is 12.4. The Morgan fingerprint density at radius 3 is 2.57 bits per heavy atom. The third-order valence-electron chi connectivity index (χ3n) is 4.19. The molecule has 5 heteroatoms. The quantitative estimate of drug-likeness (QED) is 0.913. The number of rotatable bonds is 3. The van der Waals surface area contributed by atoms with E-state index in [4.69, 9.17) is 0 Å². The number of aliphatic carboxylic acids is 1. The largest absolute Gasteiger partial charge is 0.480 e. The van der Waals surface area contributed by atoms with Crippen LogP contribution in [0.1, 0.15) is 42.5 Å². The van der Waals surface area contributed by atoms with Gasteiger partial charge in [0.25, 0.3) is 5.91 Å². The molecule has 1 aromatic heterocycles. The SMILES string of the molecule is O=C(NC1(C(=O)O)CCCCC1)c1csc2ccccc12. The molecule has 0 atom stereocenters. The van der Waals surface area contributed by atoms with Gasteiger partial charge in [-0.05, 0) is 18.9 Å². The molecule has 2 aromatic rings. The fraction of sp³-hybridized carbons (Fsp3) is 0.375.